The van der Waals surface area contributed by atoms with Crippen molar-refractivity contribution in [2.24, 2.45) is 11.8 Å². The summed E-state index contributed by atoms with van der Waals surface area (Å²) >= 11 is 5.77. The normalized spacial score (nSPS) is 26.4. The SMILES string of the molecule is CCNS(=O)(=O)C[C@@H]1CCC2c3c(F)c(Cl)cc(F)c3OC[C@H]2C1. The zero-order chi connectivity index (χ0) is 17.5. The predicted octanol–water partition coefficient (Wildman–Crippen LogP) is 3.45. The minimum absolute atomic E-state index is 0.00691. The van der Waals surface area contributed by atoms with Gasteiger partial charge in [0, 0.05) is 18.0 Å². The van der Waals surface area contributed by atoms with Crippen LogP contribution in [0.3, 0.4) is 0 Å². The zero-order valence-electron chi connectivity index (χ0n) is 13.3. The number of fused-ring (bicyclic) bond motifs is 3. The summed E-state index contributed by atoms with van der Waals surface area (Å²) in [6.07, 6.45) is 1.87. The molecule has 0 aromatic heterocycles. The van der Waals surface area contributed by atoms with Crippen LogP contribution >= 0.6 is 11.6 Å². The third kappa shape index (κ3) is 3.39. The molecule has 4 nitrogen and oxygen atoms in total. The fourth-order valence-corrected chi connectivity index (χ4v) is 5.61. The summed E-state index contributed by atoms with van der Waals surface area (Å²) in [6, 6.07) is 0.935. The molecule has 3 rings (SSSR count). The maximum atomic E-state index is 14.4. The second kappa shape index (κ2) is 6.77. The van der Waals surface area contributed by atoms with Crippen LogP contribution in [0.4, 0.5) is 8.78 Å². The lowest BCUT2D eigenvalue weighted by Gasteiger charge is -2.40. The second-order valence-electron chi connectivity index (χ2n) is 6.53. The van der Waals surface area contributed by atoms with Gasteiger partial charge in [-0.05, 0) is 37.2 Å². The average molecular weight is 380 g/mol. The van der Waals surface area contributed by atoms with Crippen molar-refractivity contribution >= 4 is 21.6 Å². The summed E-state index contributed by atoms with van der Waals surface area (Å²) in [6.45, 7) is 2.37. The van der Waals surface area contributed by atoms with Gasteiger partial charge in [-0.2, -0.15) is 0 Å². The second-order valence-corrected chi connectivity index (χ2v) is 8.79. The number of halogens is 3. The van der Waals surface area contributed by atoms with Crippen molar-refractivity contribution < 1.29 is 21.9 Å². The molecule has 1 unspecified atom stereocenters. The first-order valence-electron chi connectivity index (χ1n) is 8.10. The smallest absolute Gasteiger partial charge is 0.211 e. The standard InChI is InChI=1S/C16H20ClF2NO3S/c1-2-20-24(21,22)8-9-3-4-11-10(5-9)7-23-16-13(18)6-12(17)15(19)14(11)16/h6,9-11,20H,2-5,7-8H2,1H3/t9-,10-,11?/m1/s1. The van der Waals surface area contributed by atoms with Gasteiger partial charge in [-0.1, -0.05) is 18.5 Å². The summed E-state index contributed by atoms with van der Waals surface area (Å²) in [5, 5.41) is -0.243. The van der Waals surface area contributed by atoms with Crippen molar-refractivity contribution in [2.45, 2.75) is 32.1 Å². The minimum atomic E-state index is -3.30. The number of benzene rings is 1. The van der Waals surface area contributed by atoms with Crippen molar-refractivity contribution in [3.63, 3.8) is 0 Å². The molecule has 1 aliphatic heterocycles. The molecule has 8 heteroatoms. The lowest BCUT2D eigenvalue weighted by molar-refractivity contribution is 0.126. The number of nitrogens with one attached hydrogen (secondary N) is 1. The third-order valence-corrected chi connectivity index (χ3v) is 6.80. The molecule has 0 amide bonds. The van der Waals surface area contributed by atoms with E-state index in [9.17, 15) is 17.2 Å². The van der Waals surface area contributed by atoms with Gasteiger partial charge in [0.25, 0.3) is 0 Å². The van der Waals surface area contributed by atoms with Gasteiger partial charge in [-0.3, -0.25) is 0 Å². The molecule has 1 heterocycles. The monoisotopic (exact) mass is 379 g/mol. The maximum absolute atomic E-state index is 14.4. The van der Waals surface area contributed by atoms with E-state index in [2.05, 4.69) is 4.72 Å². The summed E-state index contributed by atoms with van der Waals surface area (Å²) in [4.78, 5) is 0. The number of sulfonamides is 1. The van der Waals surface area contributed by atoms with Gasteiger partial charge in [0.1, 0.15) is 5.82 Å². The third-order valence-electron chi connectivity index (χ3n) is 4.88. The fourth-order valence-electron chi connectivity index (χ4n) is 3.93. The van der Waals surface area contributed by atoms with E-state index in [1.54, 1.807) is 6.92 Å². The van der Waals surface area contributed by atoms with Crippen LogP contribution in [0.1, 0.15) is 37.7 Å². The van der Waals surface area contributed by atoms with E-state index in [1.807, 2.05) is 0 Å². The first-order chi connectivity index (χ1) is 11.3. The molecule has 1 N–H and O–H groups in total. The van der Waals surface area contributed by atoms with Gasteiger partial charge < -0.3 is 4.74 Å². The van der Waals surface area contributed by atoms with E-state index in [0.717, 1.165) is 6.07 Å². The predicted molar refractivity (Wildman–Crippen MR) is 87.9 cm³/mol. The first-order valence-corrected chi connectivity index (χ1v) is 10.1. The molecule has 1 aromatic rings. The topological polar surface area (TPSA) is 55.4 Å². The van der Waals surface area contributed by atoms with Gasteiger partial charge in [0.2, 0.25) is 10.0 Å². The molecule has 0 spiro atoms. The Morgan fingerprint density at radius 3 is 2.83 bits per heavy atom. The molecule has 24 heavy (non-hydrogen) atoms. The van der Waals surface area contributed by atoms with E-state index < -0.39 is 21.7 Å². The Kier molecular flexibility index (Phi) is 5.04. The van der Waals surface area contributed by atoms with E-state index in [1.165, 1.54) is 0 Å². The first kappa shape index (κ1) is 17.9. The molecule has 0 bridgehead atoms. The van der Waals surface area contributed by atoms with Crippen LogP contribution in [0.25, 0.3) is 0 Å². The molecule has 1 fully saturated rings. The van der Waals surface area contributed by atoms with Crippen LogP contribution in [-0.4, -0.2) is 27.3 Å². The number of hydrogen-bond donors (Lipinski definition) is 1. The Balaban J connectivity index is 1.80. The fraction of sp³-hybridized carbons (Fsp3) is 0.625. The van der Waals surface area contributed by atoms with Crippen LogP contribution in [0.5, 0.6) is 5.75 Å². The minimum Gasteiger partial charge on any atom is -0.490 e. The highest BCUT2D eigenvalue weighted by Gasteiger charge is 2.40. The Labute approximate surface area is 145 Å². The van der Waals surface area contributed by atoms with Crippen LogP contribution in [0, 0.1) is 23.5 Å². The van der Waals surface area contributed by atoms with Crippen LogP contribution < -0.4 is 9.46 Å². The van der Waals surface area contributed by atoms with E-state index in [-0.39, 0.29) is 46.4 Å². The molecule has 2 aliphatic rings. The Morgan fingerprint density at radius 1 is 1.38 bits per heavy atom. The number of hydrogen-bond acceptors (Lipinski definition) is 3. The largest absolute Gasteiger partial charge is 0.490 e. The van der Waals surface area contributed by atoms with Crippen LogP contribution in [-0.2, 0) is 10.0 Å². The van der Waals surface area contributed by atoms with E-state index in [0.29, 0.717) is 25.8 Å². The molecule has 134 valence electrons. The molecule has 1 aromatic carbocycles. The quantitative estimate of drug-likeness (QED) is 0.815. The van der Waals surface area contributed by atoms with Crippen LogP contribution in [0.2, 0.25) is 5.02 Å². The molecule has 3 atom stereocenters. The Hall–Kier alpha value is -0.920. The average Bonchev–Trinajstić information content (AvgIpc) is 2.51. The Morgan fingerprint density at radius 2 is 2.12 bits per heavy atom. The van der Waals surface area contributed by atoms with Gasteiger partial charge >= 0.3 is 0 Å². The summed E-state index contributed by atoms with van der Waals surface area (Å²) in [5.41, 5.74) is 0.212. The van der Waals surface area contributed by atoms with Crippen molar-refractivity contribution in [1.82, 2.24) is 4.72 Å². The van der Waals surface area contributed by atoms with Crippen molar-refractivity contribution in [3.05, 3.63) is 28.3 Å². The highest BCUT2D eigenvalue weighted by molar-refractivity contribution is 7.89. The van der Waals surface area contributed by atoms with E-state index >= 15 is 0 Å². The molecule has 1 saturated carbocycles. The zero-order valence-corrected chi connectivity index (χ0v) is 14.9. The highest BCUT2D eigenvalue weighted by atomic mass is 35.5. The van der Waals surface area contributed by atoms with Gasteiger partial charge in [0.05, 0.1) is 17.4 Å². The van der Waals surface area contributed by atoms with Crippen molar-refractivity contribution in [1.29, 1.82) is 0 Å². The number of rotatable bonds is 4. The summed E-state index contributed by atoms with van der Waals surface area (Å²) in [7, 11) is -3.30. The maximum Gasteiger partial charge on any atom is 0.211 e. The van der Waals surface area contributed by atoms with E-state index in [4.69, 9.17) is 16.3 Å². The van der Waals surface area contributed by atoms with Crippen molar-refractivity contribution in [2.75, 3.05) is 18.9 Å². The lowest BCUT2D eigenvalue weighted by Crippen LogP contribution is -2.37. The number of ether oxygens (including phenoxy) is 1. The molecular formula is C16H20ClF2NO3S. The highest BCUT2D eigenvalue weighted by Crippen LogP contribution is 2.49. The van der Waals surface area contributed by atoms with Gasteiger partial charge in [-0.25, -0.2) is 21.9 Å². The Bertz CT molecular complexity index is 741. The van der Waals surface area contributed by atoms with Gasteiger partial charge in [-0.15, -0.1) is 0 Å². The van der Waals surface area contributed by atoms with Crippen LogP contribution in [0.15, 0.2) is 6.07 Å². The summed E-state index contributed by atoms with van der Waals surface area (Å²) in [5.74, 6) is -1.47. The lowest BCUT2D eigenvalue weighted by atomic mass is 9.70. The molecule has 0 saturated heterocycles. The molecular weight excluding hydrogens is 360 g/mol. The van der Waals surface area contributed by atoms with Gasteiger partial charge in [0.15, 0.2) is 11.6 Å². The molecule has 0 radical (unpaired) electrons. The summed E-state index contributed by atoms with van der Waals surface area (Å²) < 4.78 is 60.2. The van der Waals surface area contributed by atoms with Crippen molar-refractivity contribution in [3.8, 4) is 5.75 Å². The molecule has 1 aliphatic carbocycles.